The third-order valence-electron chi connectivity index (χ3n) is 6.30. The standard InChI is InChI=1S/C21H30N2O4/c24-20(16-9-5-2-6-10-16)19(15-7-3-1-4-8-15)22-21(25)17-11-13-18(14-12-17)23(26)27/h11-16,19-20,24H,1-10H2,(H,22,25)/t19-,20+/m1/s1. The van der Waals surface area contributed by atoms with Gasteiger partial charge in [-0.1, -0.05) is 38.5 Å². The third-order valence-corrected chi connectivity index (χ3v) is 6.30. The van der Waals surface area contributed by atoms with Crippen molar-refractivity contribution in [3.63, 3.8) is 0 Å². The molecule has 2 N–H and O–H groups in total. The van der Waals surface area contributed by atoms with Crippen LogP contribution < -0.4 is 5.32 Å². The number of carbonyl (C=O) groups excluding carboxylic acids is 1. The second kappa shape index (κ2) is 9.31. The van der Waals surface area contributed by atoms with Crippen LogP contribution in [-0.4, -0.2) is 28.1 Å². The Morgan fingerprint density at radius 3 is 2.00 bits per heavy atom. The second-order valence-electron chi connectivity index (χ2n) is 8.09. The van der Waals surface area contributed by atoms with Gasteiger partial charge >= 0.3 is 0 Å². The van der Waals surface area contributed by atoms with E-state index in [1.807, 2.05) is 0 Å². The minimum Gasteiger partial charge on any atom is -0.391 e. The van der Waals surface area contributed by atoms with Gasteiger partial charge in [0.2, 0.25) is 0 Å². The van der Waals surface area contributed by atoms with Crippen LogP contribution in [0.1, 0.15) is 74.6 Å². The number of aliphatic hydroxyl groups is 1. The molecular weight excluding hydrogens is 344 g/mol. The van der Waals surface area contributed by atoms with Gasteiger partial charge in [0.25, 0.3) is 11.6 Å². The summed E-state index contributed by atoms with van der Waals surface area (Å²) in [6.07, 6.45) is 10.6. The molecule has 0 unspecified atom stereocenters. The molecule has 148 valence electrons. The van der Waals surface area contributed by atoms with Crippen molar-refractivity contribution in [2.45, 2.75) is 76.4 Å². The first kappa shape index (κ1) is 19.8. The van der Waals surface area contributed by atoms with E-state index in [0.29, 0.717) is 11.5 Å². The molecule has 1 amide bonds. The minimum atomic E-state index is -0.518. The van der Waals surface area contributed by atoms with E-state index in [-0.39, 0.29) is 23.6 Å². The van der Waals surface area contributed by atoms with E-state index in [9.17, 15) is 20.0 Å². The summed E-state index contributed by atoms with van der Waals surface area (Å²) < 4.78 is 0. The van der Waals surface area contributed by atoms with Gasteiger partial charge < -0.3 is 10.4 Å². The van der Waals surface area contributed by atoms with Crippen molar-refractivity contribution in [3.05, 3.63) is 39.9 Å². The van der Waals surface area contributed by atoms with Gasteiger partial charge in [-0.25, -0.2) is 0 Å². The van der Waals surface area contributed by atoms with Gasteiger partial charge in [0.05, 0.1) is 17.1 Å². The number of rotatable bonds is 6. The number of nitrogens with zero attached hydrogens (tertiary/aromatic N) is 1. The van der Waals surface area contributed by atoms with Gasteiger partial charge in [-0.05, 0) is 49.7 Å². The number of nitro groups is 1. The van der Waals surface area contributed by atoms with Crippen LogP contribution in [0.4, 0.5) is 5.69 Å². The molecule has 0 heterocycles. The Morgan fingerprint density at radius 2 is 1.48 bits per heavy atom. The van der Waals surface area contributed by atoms with Crippen molar-refractivity contribution in [1.29, 1.82) is 0 Å². The first-order valence-corrected chi connectivity index (χ1v) is 10.3. The average molecular weight is 374 g/mol. The van der Waals surface area contributed by atoms with Crippen molar-refractivity contribution in [3.8, 4) is 0 Å². The fourth-order valence-electron chi connectivity index (χ4n) is 4.71. The van der Waals surface area contributed by atoms with E-state index in [0.717, 1.165) is 51.4 Å². The summed E-state index contributed by atoms with van der Waals surface area (Å²) in [5, 5.41) is 25.0. The molecule has 2 atom stereocenters. The van der Waals surface area contributed by atoms with Gasteiger partial charge in [-0.15, -0.1) is 0 Å². The lowest BCUT2D eigenvalue weighted by Gasteiger charge is -2.38. The lowest BCUT2D eigenvalue weighted by Crippen LogP contribution is -2.51. The fraction of sp³-hybridized carbons (Fsp3) is 0.667. The normalized spacial score (nSPS) is 21.4. The first-order chi connectivity index (χ1) is 13.1. The Hall–Kier alpha value is -1.95. The van der Waals surface area contributed by atoms with Gasteiger partial charge in [0, 0.05) is 17.7 Å². The molecule has 2 aliphatic carbocycles. The van der Waals surface area contributed by atoms with Crippen LogP contribution in [0.3, 0.4) is 0 Å². The largest absolute Gasteiger partial charge is 0.391 e. The van der Waals surface area contributed by atoms with Gasteiger partial charge in [-0.2, -0.15) is 0 Å². The molecule has 0 spiro atoms. The number of hydrogen-bond donors (Lipinski definition) is 2. The van der Waals surface area contributed by atoms with Crippen molar-refractivity contribution < 1.29 is 14.8 Å². The number of hydrogen-bond acceptors (Lipinski definition) is 4. The highest BCUT2D eigenvalue weighted by Crippen LogP contribution is 2.34. The quantitative estimate of drug-likeness (QED) is 0.576. The van der Waals surface area contributed by atoms with E-state index < -0.39 is 11.0 Å². The Balaban J connectivity index is 1.73. The number of aliphatic hydroxyl groups excluding tert-OH is 1. The Morgan fingerprint density at radius 1 is 0.963 bits per heavy atom. The molecule has 1 aromatic carbocycles. The second-order valence-corrected chi connectivity index (χ2v) is 8.09. The van der Waals surface area contributed by atoms with Crippen molar-refractivity contribution in [2.24, 2.45) is 11.8 Å². The number of non-ortho nitro benzene ring substituents is 1. The molecule has 0 aliphatic heterocycles. The van der Waals surface area contributed by atoms with Crippen LogP contribution >= 0.6 is 0 Å². The summed E-state index contributed by atoms with van der Waals surface area (Å²) >= 11 is 0. The molecule has 3 rings (SSSR count). The van der Waals surface area contributed by atoms with Crippen LogP contribution in [0.2, 0.25) is 0 Å². The summed E-state index contributed by atoms with van der Waals surface area (Å²) in [6.45, 7) is 0. The van der Waals surface area contributed by atoms with Gasteiger partial charge in [-0.3, -0.25) is 14.9 Å². The maximum atomic E-state index is 12.8. The van der Waals surface area contributed by atoms with Crippen molar-refractivity contribution in [2.75, 3.05) is 0 Å². The van der Waals surface area contributed by atoms with E-state index in [1.54, 1.807) is 0 Å². The lowest BCUT2D eigenvalue weighted by molar-refractivity contribution is -0.384. The zero-order chi connectivity index (χ0) is 19.2. The van der Waals surface area contributed by atoms with Gasteiger partial charge in [0.15, 0.2) is 0 Å². The van der Waals surface area contributed by atoms with E-state index in [1.165, 1.54) is 37.1 Å². The number of amides is 1. The maximum Gasteiger partial charge on any atom is 0.269 e. The molecule has 6 nitrogen and oxygen atoms in total. The number of nitrogens with one attached hydrogen (secondary N) is 1. The summed E-state index contributed by atoms with van der Waals surface area (Å²) in [5.41, 5.74) is 0.370. The third kappa shape index (κ3) is 5.06. The zero-order valence-electron chi connectivity index (χ0n) is 15.8. The topological polar surface area (TPSA) is 92.5 Å². The van der Waals surface area contributed by atoms with E-state index in [4.69, 9.17) is 0 Å². The fourth-order valence-corrected chi connectivity index (χ4v) is 4.71. The summed E-state index contributed by atoms with van der Waals surface area (Å²) in [6, 6.07) is 5.43. The molecule has 0 radical (unpaired) electrons. The van der Waals surface area contributed by atoms with Crippen LogP contribution in [-0.2, 0) is 0 Å². The highest BCUT2D eigenvalue weighted by atomic mass is 16.6. The predicted octanol–water partition coefficient (Wildman–Crippen LogP) is 4.21. The average Bonchev–Trinajstić information content (AvgIpc) is 2.72. The van der Waals surface area contributed by atoms with Crippen LogP contribution in [0.25, 0.3) is 0 Å². The van der Waals surface area contributed by atoms with E-state index in [2.05, 4.69) is 5.32 Å². The molecular formula is C21H30N2O4. The summed E-state index contributed by atoms with van der Waals surface area (Å²) in [5.74, 6) is 0.302. The van der Waals surface area contributed by atoms with Crippen LogP contribution in [0.15, 0.2) is 24.3 Å². The Bertz CT molecular complexity index is 634. The predicted molar refractivity (Wildman–Crippen MR) is 104 cm³/mol. The number of nitro benzene ring substituents is 1. The lowest BCUT2D eigenvalue weighted by atomic mass is 9.75. The minimum absolute atomic E-state index is 0.0300. The van der Waals surface area contributed by atoms with Crippen molar-refractivity contribution >= 4 is 11.6 Å². The summed E-state index contributed by atoms with van der Waals surface area (Å²) in [7, 11) is 0. The SMILES string of the molecule is O=C(N[C@H](C1CCCCC1)[C@@H](O)C1CCCCC1)c1ccc([N+](=O)[O-])cc1. The molecule has 6 heteroatoms. The Kier molecular flexibility index (Phi) is 6.83. The molecule has 0 bridgehead atoms. The van der Waals surface area contributed by atoms with Crippen LogP contribution in [0, 0.1) is 22.0 Å². The molecule has 0 saturated heterocycles. The number of carbonyl (C=O) groups is 1. The smallest absolute Gasteiger partial charge is 0.269 e. The monoisotopic (exact) mass is 374 g/mol. The molecule has 0 aromatic heterocycles. The molecule has 27 heavy (non-hydrogen) atoms. The van der Waals surface area contributed by atoms with Crippen molar-refractivity contribution in [1.82, 2.24) is 5.32 Å². The van der Waals surface area contributed by atoms with Gasteiger partial charge in [0.1, 0.15) is 0 Å². The highest BCUT2D eigenvalue weighted by Gasteiger charge is 2.35. The summed E-state index contributed by atoms with van der Waals surface area (Å²) in [4.78, 5) is 23.1. The molecule has 1 aromatic rings. The van der Waals surface area contributed by atoms with E-state index >= 15 is 0 Å². The maximum absolute atomic E-state index is 12.8. The molecule has 2 aliphatic rings. The van der Waals surface area contributed by atoms with Crippen LogP contribution in [0.5, 0.6) is 0 Å². The highest BCUT2D eigenvalue weighted by molar-refractivity contribution is 5.94. The Labute approximate surface area is 160 Å². The molecule has 2 fully saturated rings. The first-order valence-electron chi connectivity index (χ1n) is 10.3. The zero-order valence-corrected chi connectivity index (χ0v) is 15.8. The number of benzene rings is 1. The molecule has 2 saturated carbocycles.